The van der Waals surface area contributed by atoms with E-state index in [1.165, 1.54) is 0 Å². The van der Waals surface area contributed by atoms with Crippen molar-refractivity contribution in [3.8, 4) is 10.4 Å². The Hall–Kier alpha value is -1.35. The van der Waals surface area contributed by atoms with Crippen LogP contribution >= 0.6 is 11.3 Å². The monoisotopic (exact) mass is 175 g/mol. The van der Waals surface area contributed by atoms with Gasteiger partial charge in [-0.3, -0.25) is 4.98 Å². The number of hydrogen-bond donors (Lipinski definition) is 1. The standard InChI is InChI=1S/C9H7N2S/c10-8-4-7(5-11-6-8)9-2-1-3-12-9/h1-2,4-6H,10H2. The van der Waals surface area contributed by atoms with Crippen LogP contribution in [0.3, 0.4) is 0 Å². The van der Waals surface area contributed by atoms with Gasteiger partial charge in [0.05, 0.1) is 5.69 Å². The summed E-state index contributed by atoms with van der Waals surface area (Å²) in [7, 11) is 0. The predicted octanol–water partition coefficient (Wildman–Crippen LogP) is 2.19. The third-order valence-corrected chi connectivity index (χ3v) is 2.36. The quantitative estimate of drug-likeness (QED) is 0.721. The number of rotatable bonds is 1. The summed E-state index contributed by atoms with van der Waals surface area (Å²) in [5.41, 5.74) is 7.35. The zero-order valence-corrected chi connectivity index (χ0v) is 7.14. The summed E-state index contributed by atoms with van der Waals surface area (Å²) < 4.78 is 0. The normalized spacial score (nSPS) is 10.0. The molecular formula is C9H7N2S. The highest BCUT2D eigenvalue weighted by Gasteiger charge is 1.98. The van der Waals surface area contributed by atoms with Crippen LogP contribution in [0, 0.1) is 5.38 Å². The van der Waals surface area contributed by atoms with Crippen LogP contribution in [-0.2, 0) is 0 Å². The second-order valence-corrected chi connectivity index (χ2v) is 3.30. The second-order valence-electron chi connectivity index (χ2n) is 2.42. The van der Waals surface area contributed by atoms with Gasteiger partial charge in [0.15, 0.2) is 0 Å². The van der Waals surface area contributed by atoms with E-state index in [1.807, 2.05) is 18.2 Å². The van der Waals surface area contributed by atoms with Crippen molar-refractivity contribution in [3.63, 3.8) is 0 Å². The molecular weight excluding hydrogens is 168 g/mol. The first-order valence-electron chi connectivity index (χ1n) is 3.53. The summed E-state index contributed by atoms with van der Waals surface area (Å²) in [6, 6.07) is 5.80. The number of hydrogen-bond acceptors (Lipinski definition) is 3. The molecule has 2 aromatic heterocycles. The van der Waals surface area contributed by atoms with Crippen molar-refractivity contribution in [2.24, 2.45) is 0 Å². The molecule has 0 aromatic carbocycles. The van der Waals surface area contributed by atoms with E-state index in [4.69, 9.17) is 5.73 Å². The van der Waals surface area contributed by atoms with E-state index in [0.29, 0.717) is 5.69 Å². The van der Waals surface area contributed by atoms with Gasteiger partial charge >= 0.3 is 0 Å². The minimum Gasteiger partial charge on any atom is -0.397 e. The highest BCUT2D eigenvalue weighted by molar-refractivity contribution is 7.13. The van der Waals surface area contributed by atoms with E-state index in [2.05, 4.69) is 10.4 Å². The van der Waals surface area contributed by atoms with Gasteiger partial charge in [-0.05, 0) is 18.2 Å². The van der Waals surface area contributed by atoms with Crippen molar-refractivity contribution >= 4 is 17.0 Å². The molecule has 2 heterocycles. The summed E-state index contributed by atoms with van der Waals surface area (Å²) in [6.45, 7) is 0. The van der Waals surface area contributed by atoms with Gasteiger partial charge in [0, 0.05) is 28.2 Å². The molecule has 0 spiro atoms. The Morgan fingerprint density at radius 3 is 3.00 bits per heavy atom. The van der Waals surface area contributed by atoms with Crippen molar-refractivity contribution in [1.82, 2.24) is 4.98 Å². The smallest absolute Gasteiger partial charge is 0.0507 e. The van der Waals surface area contributed by atoms with Gasteiger partial charge < -0.3 is 5.73 Å². The molecule has 3 heteroatoms. The van der Waals surface area contributed by atoms with Crippen LogP contribution < -0.4 is 5.73 Å². The van der Waals surface area contributed by atoms with Crippen LogP contribution in [-0.4, -0.2) is 4.98 Å². The lowest BCUT2D eigenvalue weighted by atomic mass is 10.2. The molecule has 2 rings (SSSR count). The lowest BCUT2D eigenvalue weighted by molar-refractivity contribution is 1.34. The molecule has 12 heavy (non-hydrogen) atoms. The van der Waals surface area contributed by atoms with E-state index in [9.17, 15) is 0 Å². The van der Waals surface area contributed by atoms with E-state index in [1.54, 1.807) is 23.7 Å². The van der Waals surface area contributed by atoms with Crippen molar-refractivity contribution in [2.75, 3.05) is 5.73 Å². The summed E-state index contributed by atoms with van der Waals surface area (Å²) in [4.78, 5) is 5.16. The Bertz CT molecular complexity index is 368. The number of anilines is 1. The van der Waals surface area contributed by atoms with E-state index >= 15 is 0 Å². The predicted molar refractivity (Wildman–Crippen MR) is 50.8 cm³/mol. The minimum absolute atomic E-state index is 0.695. The van der Waals surface area contributed by atoms with Crippen LogP contribution in [0.5, 0.6) is 0 Å². The lowest BCUT2D eigenvalue weighted by Crippen LogP contribution is -1.85. The molecule has 2 nitrogen and oxygen atoms in total. The molecule has 0 saturated carbocycles. The molecule has 0 amide bonds. The summed E-state index contributed by atoms with van der Waals surface area (Å²) in [5.74, 6) is 0. The largest absolute Gasteiger partial charge is 0.397 e. The zero-order valence-electron chi connectivity index (χ0n) is 6.32. The fourth-order valence-corrected chi connectivity index (χ4v) is 1.62. The third-order valence-electron chi connectivity index (χ3n) is 1.52. The van der Waals surface area contributed by atoms with Gasteiger partial charge in [0.25, 0.3) is 0 Å². The molecule has 0 atom stereocenters. The minimum atomic E-state index is 0.695. The average Bonchev–Trinajstić information content (AvgIpc) is 2.56. The van der Waals surface area contributed by atoms with E-state index < -0.39 is 0 Å². The maximum atomic E-state index is 5.60. The fraction of sp³-hybridized carbons (Fsp3) is 0. The SMILES string of the molecule is Nc1cncc(-c2cc[c]s2)c1. The molecule has 0 aliphatic heterocycles. The maximum absolute atomic E-state index is 5.60. The first-order valence-corrected chi connectivity index (χ1v) is 4.35. The van der Waals surface area contributed by atoms with Gasteiger partial charge in [-0.2, -0.15) is 0 Å². The molecule has 0 unspecified atom stereocenters. The number of aromatic nitrogens is 1. The summed E-state index contributed by atoms with van der Waals surface area (Å²) in [5, 5.41) is 3.02. The molecule has 0 aliphatic rings. The number of nitrogen functional groups attached to an aromatic ring is 1. The van der Waals surface area contributed by atoms with Gasteiger partial charge in [0.2, 0.25) is 0 Å². The van der Waals surface area contributed by atoms with Gasteiger partial charge in [-0.25, -0.2) is 0 Å². The molecule has 0 aliphatic carbocycles. The Morgan fingerprint density at radius 2 is 2.33 bits per heavy atom. The Kier molecular flexibility index (Phi) is 1.80. The number of pyridine rings is 1. The maximum Gasteiger partial charge on any atom is 0.0507 e. The molecule has 0 bridgehead atoms. The number of nitrogens with zero attached hydrogens (tertiary/aromatic N) is 1. The molecule has 2 N–H and O–H groups in total. The Morgan fingerprint density at radius 1 is 1.42 bits per heavy atom. The van der Waals surface area contributed by atoms with Crippen molar-refractivity contribution < 1.29 is 0 Å². The van der Waals surface area contributed by atoms with Gasteiger partial charge in [-0.15, -0.1) is 11.3 Å². The van der Waals surface area contributed by atoms with Crippen LogP contribution in [0.2, 0.25) is 0 Å². The van der Waals surface area contributed by atoms with E-state index in [-0.39, 0.29) is 0 Å². The summed E-state index contributed by atoms with van der Waals surface area (Å²) in [6.07, 6.45) is 3.44. The Balaban J connectivity index is 2.48. The number of nitrogens with two attached hydrogens (primary N) is 1. The van der Waals surface area contributed by atoms with Crippen molar-refractivity contribution in [2.45, 2.75) is 0 Å². The van der Waals surface area contributed by atoms with Crippen molar-refractivity contribution in [3.05, 3.63) is 36.0 Å². The van der Waals surface area contributed by atoms with Crippen molar-refractivity contribution in [1.29, 1.82) is 0 Å². The average molecular weight is 175 g/mol. The highest BCUT2D eigenvalue weighted by atomic mass is 32.1. The van der Waals surface area contributed by atoms with E-state index in [0.717, 1.165) is 10.4 Å². The lowest BCUT2D eigenvalue weighted by Gasteiger charge is -1.96. The first-order chi connectivity index (χ1) is 5.86. The molecule has 0 saturated heterocycles. The van der Waals surface area contributed by atoms with Crippen LogP contribution in [0.1, 0.15) is 0 Å². The van der Waals surface area contributed by atoms with Gasteiger partial charge in [0.1, 0.15) is 0 Å². The first kappa shape index (κ1) is 7.31. The zero-order chi connectivity index (χ0) is 8.39. The summed E-state index contributed by atoms with van der Waals surface area (Å²) >= 11 is 1.56. The van der Waals surface area contributed by atoms with Crippen LogP contribution in [0.4, 0.5) is 5.69 Å². The van der Waals surface area contributed by atoms with Crippen LogP contribution in [0.25, 0.3) is 10.4 Å². The molecule has 1 radical (unpaired) electrons. The highest BCUT2D eigenvalue weighted by Crippen LogP contribution is 2.24. The topological polar surface area (TPSA) is 38.9 Å². The molecule has 59 valence electrons. The van der Waals surface area contributed by atoms with Crippen LogP contribution in [0.15, 0.2) is 30.6 Å². The molecule has 2 aromatic rings. The van der Waals surface area contributed by atoms with Gasteiger partial charge in [-0.1, -0.05) is 0 Å². The second kappa shape index (κ2) is 2.95. The molecule has 0 fully saturated rings. The third kappa shape index (κ3) is 1.31. The number of thiophene rings is 1. The Labute approximate surface area is 74.7 Å². The fourth-order valence-electron chi connectivity index (χ4n) is 0.989.